The number of aromatic nitrogens is 3. The summed E-state index contributed by atoms with van der Waals surface area (Å²) in [4.78, 5) is 6.85. The molecular weight excluding hydrogens is 254 g/mol. The van der Waals surface area contributed by atoms with Gasteiger partial charge in [0.15, 0.2) is 0 Å². The van der Waals surface area contributed by atoms with Gasteiger partial charge in [0.1, 0.15) is 5.82 Å². The maximum Gasteiger partial charge on any atom is 0.244 e. The molecule has 6 heteroatoms. The summed E-state index contributed by atoms with van der Waals surface area (Å²) < 4.78 is 5.15. The van der Waals surface area contributed by atoms with Crippen LogP contribution in [-0.4, -0.2) is 48.5 Å². The molecule has 1 saturated heterocycles. The number of hydrogen-bond acceptors (Lipinski definition) is 5. The molecule has 3 N–H and O–H groups in total. The molecule has 20 heavy (non-hydrogen) atoms. The number of H-pyrrole nitrogens is 1. The maximum absolute atomic E-state index is 5.84. The summed E-state index contributed by atoms with van der Waals surface area (Å²) in [6.07, 6.45) is 3.08. The predicted octanol–water partition coefficient (Wildman–Crippen LogP) is 1.19. The molecule has 1 aliphatic rings. The van der Waals surface area contributed by atoms with Crippen LogP contribution in [0.3, 0.4) is 0 Å². The van der Waals surface area contributed by atoms with E-state index in [2.05, 4.69) is 33.9 Å². The van der Waals surface area contributed by atoms with E-state index >= 15 is 0 Å². The van der Waals surface area contributed by atoms with Gasteiger partial charge in [-0.3, -0.25) is 5.10 Å². The van der Waals surface area contributed by atoms with Gasteiger partial charge in [-0.1, -0.05) is 13.8 Å². The lowest BCUT2D eigenvalue weighted by atomic mass is 9.81. The van der Waals surface area contributed by atoms with Crippen molar-refractivity contribution in [3.63, 3.8) is 0 Å². The number of aromatic amines is 1. The Balaban J connectivity index is 1.90. The molecule has 1 aliphatic heterocycles. The average Bonchev–Trinajstić information content (AvgIpc) is 2.88. The number of rotatable bonds is 6. The second kappa shape index (κ2) is 6.54. The van der Waals surface area contributed by atoms with Crippen LogP contribution in [0.1, 0.15) is 32.5 Å². The molecule has 114 valence electrons. The first-order valence-electron chi connectivity index (χ1n) is 7.41. The molecule has 1 aromatic heterocycles. The Morgan fingerprint density at radius 2 is 2.15 bits per heavy atom. The minimum Gasteiger partial charge on any atom is -0.384 e. The van der Waals surface area contributed by atoms with Crippen molar-refractivity contribution in [3.05, 3.63) is 5.82 Å². The number of nitrogens with two attached hydrogens (primary N) is 1. The van der Waals surface area contributed by atoms with Gasteiger partial charge < -0.3 is 15.4 Å². The summed E-state index contributed by atoms with van der Waals surface area (Å²) in [5.74, 6) is 2.21. The summed E-state index contributed by atoms with van der Waals surface area (Å²) in [6.45, 7) is 7.89. The summed E-state index contributed by atoms with van der Waals surface area (Å²) in [7, 11) is 1.73. The predicted molar refractivity (Wildman–Crippen MR) is 79.7 cm³/mol. The molecule has 0 radical (unpaired) electrons. The minimum absolute atomic E-state index is 0.280. The number of ether oxygens (including phenoxy) is 1. The van der Waals surface area contributed by atoms with E-state index in [1.807, 2.05) is 0 Å². The lowest BCUT2D eigenvalue weighted by molar-refractivity contribution is 0.159. The zero-order chi connectivity index (χ0) is 14.6. The molecule has 0 aromatic carbocycles. The first-order valence-corrected chi connectivity index (χ1v) is 7.41. The van der Waals surface area contributed by atoms with Crippen molar-refractivity contribution in [1.82, 2.24) is 15.2 Å². The number of methoxy groups -OCH3 is 1. The van der Waals surface area contributed by atoms with Gasteiger partial charge in [-0.05, 0) is 30.7 Å². The minimum atomic E-state index is 0.280. The van der Waals surface area contributed by atoms with Gasteiger partial charge in [0, 0.05) is 33.2 Å². The van der Waals surface area contributed by atoms with Crippen molar-refractivity contribution in [2.24, 2.45) is 17.1 Å². The standard InChI is InChI=1S/C14H27N5O/c1-11(9-20-3)8-12-16-13(18-17-12)19-6-4-14(2,10-15)5-7-19/h11H,4-10,15H2,1-3H3,(H,16,17,18). The van der Waals surface area contributed by atoms with Crippen LogP contribution in [0.15, 0.2) is 0 Å². The molecule has 0 saturated carbocycles. The van der Waals surface area contributed by atoms with E-state index in [1.54, 1.807) is 7.11 Å². The van der Waals surface area contributed by atoms with Crippen LogP contribution in [-0.2, 0) is 11.2 Å². The van der Waals surface area contributed by atoms with E-state index in [0.717, 1.165) is 57.3 Å². The highest BCUT2D eigenvalue weighted by atomic mass is 16.5. The summed E-state index contributed by atoms with van der Waals surface area (Å²) in [5, 5.41) is 7.39. The van der Waals surface area contributed by atoms with E-state index < -0.39 is 0 Å². The first kappa shape index (κ1) is 15.3. The molecule has 2 heterocycles. The van der Waals surface area contributed by atoms with E-state index in [0.29, 0.717) is 5.92 Å². The largest absolute Gasteiger partial charge is 0.384 e. The zero-order valence-electron chi connectivity index (χ0n) is 12.9. The molecule has 1 aromatic rings. The van der Waals surface area contributed by atoms with E-state index in [4.69, 9.17) is 10.5 Å². The van der Waals surface area contributed by atoms with Crippen LogP contribution in [0, 0.1) is 11.3 Å². The van der Waals surface area contributed by atoms with Crippen LogP contribution in [0.25, 0.3) is 0 Å². The Bertz CT molecular complexity index is 411. The number of anilines is 1. The molecule has 1 fully saturated rings. The lowest BCUT2D eigenvalue weighted by Crippen LogP contribution is -2.42. The third-order valence-corrected chi connectivity index (χ3v) is 4.26. The molecule has 0 spiro atoms. The monoisotopic (exact) mass is 281 g/mol. The molecule has 0 aliphatic carbocycles. The lowest BCUT2D eigenvalue weighted by Gasteiger charge is -2.38. The Morgan fingerprint density at radius 1 is 1.45 bits per heavy atom. The number of piperidine rings is 1. The number of hydrogen-bond donors (Lipinski definition) is 2. The highest BCUT2D eigenvalue weighted by molar-refractivity contribution is 5.29. The first-order chi connectivity index (χ1) is 9.56. The second-order valence-corrected chi connectivity index (χ2v) is 6.35. The highest BCUT2D eigenvalue weighted by Crippen LogP contribution is 2.30. The van der Waals surface area contributed by atoms with Crippen LogP contribution in [0.2, 0.25) is 0 Å². The van der Waals surface area contributed by atoms with Gasteiger partial charge in [-0.25, -0.2) is 0 Å². The van der Waals surface area contributed by atoms with Gasteiger partial charge in [0.25, 0.3) is 0 Å². The van der Waals surface area contributed by atoms with Crippen molar-refractivity contribution in [1.29, 1.82) is 0 Å². The quantitative estimate of drug-likeness (QED) is 0.819. The zero-order valence-corrected chi connectivity index (χ0v) is 12.9. The number of nitrogens with zero attached hydrogens (tertiary/aromatic N) is 3. The van der Waals surface area contributed by atoms with Gasteiger partial charge in [0.05, 0.1) is 0 Å². The van der Waals surface area contributed by atoms with Crippen molar-refractivity contribution in [2.75, 3.05) is 38.3 Å². The van der Waals surface area contributed by atoms with Crippen molar-refractivity contribution < 1.29 is 4.74 Å². The summed E-state index contributed by atoms with van der Waals surface area (Å²) in [5.41, 5.74) is 6.12. The van der Waals surface area contributed by atoms with Crippen LogP contribution < -0.4 is 10.6 Å². The molecule has 0 bridgehead atoms. The average molecular weight is 281 g/mol. The molecule has 6 nitrogen and oxygen atoms in total. The van der Waals surface area contributed by atoms with Gasteiger partial charge >= 0.3 is 0 Å². The Labute approximate surface area is 121 Å². The Hall–Kier alpha value is -1.14. The number of nitrogens with one attached hydrogen (secondary N) is 1. The van der Waals surface area contributed by atoms with Crippen LogP contribution in [0.4, 0.5) is 5.95 Å². The third-order valence-electron chi connectivity index (χ3n) is 4.26. The molecule has 1 atom stereocenters. The van der Waals surface area contributed by atoms with E-state index in [9.17, 15) is 0 Å². The van der Waals surface area contributed by atoms with Crippen molar-refractivity contribution in [3.8, 4) is 0 Å². The Morgan fingerprint density at radius 3 is 2.75 bits per heavy atom. The molecular formula is C14H27N5O. The van der Waals surface area contributed by atoms with Gasteiger partial charge in [-0.15, -0.1) is 5.10 Å². The van der Waals surface area contributed by atoms with Gasteiger partial charge in [0.2, 0.25) is 5.95 Å². The van der Waals surface area contributed by atoms with Crippen LogP contribution >= 0.6 is 0 Å². The van der Waals surface area contributed by atoms with E-state index in [-0.39, 0.29) is 5.41 Å². The molecule has 1 unspecified atom stereocenters. The topological polar surface area (TPSA) is 80.1 Å². The maximum atomic E-state index is 5.84. The fourth-order valence-corrected chi connectivity index (χ4v) is 2.64. The third kappa shape index (κ3) is 3.70. The highest BCUT2D eigenvalue weighted by Gasteiger charge is 2.30. The smallest absolute Gasteiger partial charge is 0.244 e. The Kier molecular flexibility index (Phi) is 4.99. The van der Waals surface area contributed by atoms with Gasteiger partial charge in [-0.2, -0.15) is 4.98 Å². The van der Waals surface area contributed by atoms with E-state index in [1.165, 1.54) is 0 Å². The fraction of sp³-hybridized carbons (Fsp3) is 0.857. The SMILES string of the molecule is COCC(C)Cc1nc(N2CCC(C)(CN)CC2)n[nH]1. The summed E-state index contributed by atoms with van der Waals surface area (Å²) >= 11 is 0. The molecule has 2 rings (SSSR count). The van der Waals surface area contributed by atoms with Crippen molar-refractivity contribution in [2.45, 2.75) is 33.1 Å². The van der Waals surface area contributed by atoms with Crippen LogP contribution in [0.5, 0.6) is 0 Å². The second-order valence-electron chi connectivity index (χ2n) is 6.35. The van der Waals surface area contributed by atoms with Crippen molar-refractivity contribution >= 4 is 5.95 Å². The normalized spacial score (nSPS) is 20.1. The molecule has 0 amide bonds. The fourth-order valence-electron chi connectivity index (χ4n) is 2.64. The summed E-state index contributed by atoms with van der Waals surface area (Å²) in [6, 6.07) is 0.